The number of halogens is 5. The smallest absolute Gasteiger partial charge is 0.335 e. The van der Waals surface area contributed by atoms with Crippen LogP contribution in [0.25, 0.3) is 0 Å². The number of rotatable bonds is 3. The van der Waals surface area contributed by atoms with E-state index >= 15 is 0 Å². The molecule has 23 heavy (non-hydrogen) atoms. The van der Waals surface area contributed by atoms with E-state index < -0.39 is 26.7 Å². The van der Waals surface area contributed by atoms with E-state index in [-0.39, 0.29) is 36.8 Å². The molecule has 0 saturated carbocycles. The minimum absolute atomic E-state index is 0.0462. The van der Waals surface area contributed by atoms with Crippen LogP contribution in [0.5, 0.6) is 0 Å². The number of nitrogens with zero attached hydrogens (tertiary/aromatic N) is 2. The summed E-state index contributed by atoms with van der Waals surface area (Å²) in [5.74, 6) is -1.97. The molecule has 0 unspecified atom stereocenters. The Hall–Kier alpha value is -2.02. The Balaban J connectivity index is 2.48. The van der Waals surface area contributed by atoms with Crippen LogP contribution in [0.2, 0.25) is 0 Å². The summed E-state index contributed by atoms with van der Waals surface area (Å²) in [5.41, 5.74) is -1.09. The van der Waals surface area contributed by atoms with Crippen LogP contribution < -0.4 is 4.90 Å². The highest BCUT2D eigenvalue weighted by Gasteiger charge is 2.65. The second-order valence-corrected chi connectivity index (χ2v) is 7.79. The monoisotopic (exact) mass is 356 g/mol. The van der Waals surface area contributed by atoms with Gasteiger partial charge in [-0.1, -0.05) is 19.4 Å². The van der Waals surface area contributed by atoms with Crippen LogP contribution in [0.3, 0.4) is 0 Å². The highest BCUT2D eigenvalue weighted by Crippen LogP contribution is 3.02. The molecule has 0 atom stereocenters. The Kier molecular flexibility index (Phi) is 3.57. The molecule has 0 aliphatic carbocycles. The van der Waals surface area contributed by atoms with Crippen LogP contribution in [0, 0.1) is 17.2 Å². The molecule has 1 aromatic carbocycles. The molecule has 0 aromatic heterocycles. The number of carbonyl (C=O) groups is 1. The zero-order chi connectivity index (χ0) is 17.5. The van der Waals surface area contributed by atoms with Gasteiger partial charge in [0.05, 0.1) is 11.6 Å². The standard InChI is InChI=1S/C13H13F5N2O2S/c14-23(15,16,17,18)12-6-10(13(21)22)5-11(7-12)20-3-1-9(8-19)2-4-20/h5-7,9H,1-4H2,(H,21,22). The van der Waals surface area contributed by atoms with Crippen LogP contribution in [0.15, 0.2) is 23.1 Å². The minimum Gasteiger partial charge on any atom is -0.478 e. The molecule has 1 aliphatic heterocycles. The summed E-state index contributed by atoms with van der Waals surface area (Å²) in [7, 11) is -9.98. The molecule has 0 bridgehead atoms. The fourth-order valence-corrected chi connectivity index (χ4v) is 3.07. The lowest BCUT2D eigenvalue weighted by atomic mass is 9.98. The summed E-state index contributed by atoms with van der Waals surface area (Å²) < 4.78 is 65.0. The molecule has 1 aliphatic rings. The molecule has 4 nitrogen and oxygen atoms in total. The topological polar surface area (TPSA) is 64.3 Å². The number of carboxylic acids is 1. The molecular formula is C13H13F5N2O2S. The number of benzene rings is 1. The number of aromatic carboxylic acids is 1. The van der Waals surface area contributed by atoms with Crippen molar-refractivity contribution >= 4 is 21.9 Å². The molecule has 1 fully saturated rings. The van der Waals surface area contributed by atoms with Gasteiger partial charge in [0, 0.05) is 24.7 Å². The number of anilines is 1. The number of carboxylic acid groups (broad SMARTS) is 1. The molecular weight excluding hydrogens is 343 g/mol. The van der Waals surface area contributed by atoms with Crippen molar-refractivity contribution in [3.05, 3.63) is 23.8 Å². The molecule has 1 saturated heterocycles. The second kappa shape index (κ2) is 4.74. The second-order valence-electron chi connectivity index (χ2n) is 5.38. The third-order valence-electron chi connectivity index (χ3n) is 3.63. The van der Waals surface area contributed by atoms with Gasteiger partial charge < -0.3 is 10.0 Å². The zero-order valence-corrected chi connectivity index (χ0v) is 12.5. The van der Waals surface area contributed by atoms with Gasteiger partial charge in [0.1, 0.15) is 4.90 Å². The first kappa shape index (κ1) is 17.3. The van der Waals surface area contributed by atoms with Crippen molar-refractivity contribution < 1.29 is 29.3 Å². The van der Waals surface area contributed by atoms with Gasteiger partial charge in [-0.3, -0.25) is 0 Å². The highest BCUT2D eigenvalue weighted by molar-refractivity contribution is 8.45. The molecule has 1 N–H and O–H groups in total. The Morgan fingerprint density at radius 3 is 2.17 bits per heavy atom. The highest BCUT2D eigenvalue weighted by atomic mass is 32.5. The van der Waals surface area contributed by atoms with Gasteiger partial charge in [0.2, 0.25) is 0 Å². The van der Waals surface area contributed by atoms with Gasteiger partial charge >= 0.3 is 16.2 Å². The van der Waals surface area contributed by atoms with E-state index in [1.54, 1.807) is 0 Å². The third-order valence-corrected chi connectivity index (χ3v) is 4.75. The molecule has 1 heterocycles. The Morgan fingerprint density at radius 1 is 1.17 bits per heavy atom. The largest absolute Gasteiger partial charge is 0.478 e. The lowest BCUT2D eigenvalue weighted by Crippen LogP contribution is -2.33. The first-order valence-electron chi connectivity index (χ1n) is 6.57. The maximum Gasteiger partial charge on any atom is 0.335 e. The van der Waals surface area contributed by atoms with Gasteiger partial charge in [-0.2, -0.15) is 5.26 Å². The van der Waals surface area contributed by atoms with Crippen molar-refractivity contribution in [2.24, 2.45) is 5.92 Å². The quantitative estimate of drug-likeness (QED) is 0.792. The van der Waals surface area contributed by atoms with Gasteiger partial charge in [0.25, 0.3) is 0 Å². The van der Waals surface area contributed by atoms with Crippen LogP contribution in [0.4, 0.5) is 25.1 Å². The fraction of sp³-hybridized carbons (Fsp3) is 0.385. The van der Waals surface area contributed by atoms with Crippen LogP contribution in [-0.4, -0.2) is 24.2 Å². The maximum absolute atomic E-state index is 13.0. The fourth-order valence-electron chi connectivity index (χ4n) is 2.38. The van der Waals surface area contributed by atoms with E-state index in [1.165, 1.54) is 4.90 Å². The van der Waals surface area contributed by atoms with Gasteiger partial charge in [0.15, 0.2) is 0 Å². The lowest BCUT2D eigenvalue weighted by Gasteiger charge is -2.41. The SMILES string of the molecule is N#CC1CCN(c2cc(C(=O)O)cc(S(F)(F)(F)(F)F)c2)CC1. The third kappa shape index (κ3) is 4.04. The lowest BCUT2D eigenvalue weighted by molar-refractivity contribution is 0.0696. The van der Waals surface area contributed by atoms with E-state index in [4.69, 9.17) is 10.4 Å². The van der Waals surface area contributed by atoms with Gasteiger partial charge in [-0.15, -0.1) is 0 Å². The van der Waals surface area contributed by atoms with E-state index in [1.807, 2.05) is 6.07 Å². The normalized spacial score (nSPS) is 19.6. The van der Waals surface area contributed by atoms with Crippen LogP contribution in [-0.2, 0) is 0 Å². The van der Waals surface area contributed by atoms with Crippen molar-refractivity contribution in [2.45, 2.75) is 17.7 Å². The van der Waals surface area contributed by atoms with Crippen molar-refractivity contribution in [1.29, 1.82) is 5.26 Å². The van der Waals surface area contributed by atoms with Gasteiger partial charge in [-0.05, 0) is 31.0 Å². The summed E-state index contributed by atoms with van der Waals surface area (Å²) in [6.45, 7) is 0.391. The minimum atomic E-state index is -9.98. The zero-order valence-electron chi connectivity index (χ0n) is 11.7. The number of nitriles is 1. The summed E-state index contributed by atoms with van der Waals surface area (Å²) in [6, 6.07) is 3.20. The van der Waals surface area contributed by atoms with Crippen molar-refractivity contribution in [3.8, 4) is 6.07 Å². The van der Waals surface area contributed by atoms with Crippen LogP contribution in [0.1, 0.15) is 23.2 Å². The molecule has 1 aromatic rings. The first-order valence-corrected chi connectivity index (χ1v) is 8.52. The molecule has 0 amide bonds. The Morgan fingerprint density at radius 2 is 1.74 bits per heavy atom. The Bertz CT molecular complexity index is 691. The van der Waals surface area contributed by atoms with Crippen LogP contribution >= 0.6 is 10.2 Å². The summed E-state index contributed by atoms with van der Waals surface area (Å²) in [4.78, 5) is 10.1. The predicted octanol–water partition coefficient (Wildman–Crippen LogP) is 4.78. The van der Waals surface area contributed by atoms with E-state index in [2.05, 4.69) is 0 Å². The average molecular weight is 356 g/mol. The predicted molar refractivity (Wildman–Crippen MR) is 75.3 cm³/mol. The molecule has 128 valence electrons. The van der Waals surface area contributed by atoms with Crippen molar-refractivity contribution in [1.82, 2.24) is 0 Å². The maximum atomic E-state index is 13.0. The van der Waals surface area contributed by atoms with E-state index in [0.717, 1.165) is 6.07 Å². The number of hydrogen-bond donors (Lipinski definition) is 1. The van der Waals surface area contributed by atoms with E-state index in [9.17, 15) is 24.2 Å². The molecule has 0 radical (unpaired) electrons. The van der Waals surface area contributed by atoms with Gasteiger partial charge in [-0.25, -0.2) is 4.79 Å². The summed E-state index contributed by atoms with van der Waals surface area (Å²) in [6.07, 6.45) is 0.749. The number of hydrogen-bond acceptors (Lipinski definition) is 3. The van der Waals surface area contributed by atoms with E-state index in [0.29, 0.717) is 12.8 Å². The van der Waals surface area contributed by atoms with Crippen molar-refractivity contribution in [3.63, 3.8) is 0 Å². The van der Waals surface area contributed by atoms with Crippen molar-refractivity contribution in [2.75, 3.05) is 18.0 Å². The Labute approximate surface area is 128 Å². The summed E-state index contributed by atoms with van der Waals surface area (Å²) >= 11 is 0. The average Bonchev–Trinajstić information content (AvgIpc) is 2.44. The molecule has 10 heteroatoms. The first-order chi connectivity index (χ1) is 10.3. The molecule has 0 spiro atoms. The number of piperidine rings is 1. The summed E-state index contributed by atoms with van der Waals surface area (Å²) in [5, 5.41) is 17.7. The molecule has 2 rings (SSSR count).